The van der Waals surface area contributed by atoms with Crippen LogP contribution >= 0.6 is 24.0 Å². The summed E-state index contributed by atoms with van der Waals surface area (Å²) in [6.45, 7) is 3.93. The first-order chi connectivity index (χ1) is 9.24. The van der Waals surface area contributed by atoms with Gasteiger partial charge in [0.25, 0.3) is 5.91 Å². The third-order valence-electron chi connectivity index (χ3n) is 2.55. The average molecular weight is 390 g/mol. The van der Waals surface area contributed by atoms with E-state index in [1.54, 1.807) is 12.1 Å². The van der Waals surface area contributed by atoms with Gasteiger partial charge >= 0.3 is 0 Å². The maximum Gasteiger partial charge on any atom is 0.251 e. The van der Waals surface area contributed by atoms with Crippen LogP contribution in [-0.2, 0) is 0 Å². The topological polar surface area (TPSA) is 79.5 Å². The molecule has 0 aliphatic heterocycles. The average Bonchev–Trinajstić information content (AvgIpc) is 2.44. The van der Waals surface area contributed by atoms with Crippen molar-refractivity contribution in [1.82, 2.24) is 10.6 Å². The van der Waals surface area contributed by atoms with E-state index in [0.717, 1.165) is 19.4 Å². The van der Waals surface area contributed by atoms with E-state index in [-0.39, 0.29) is 29.9 Å². The van der Waals surface area contributed by atoms with Crippen LogP contribution in [0.5, 0.6) is 0 Å². The number of nitrogens with two attached hydrogens (primary N) is 1. The van der Waals surface area contributed by atoms with Crippen LogP contribution in [0.2, 0.25) is 0 Å². The minimum atomic E-state index is -0.0797. The van der Waals surface area contributed by atoms with Gasteiger partial charge in [0.05, 0.1) is 0 Å². The molecule has 5 nitrogen and oxygen atoms in total. The van der Waals surface area contributed by atoms with E-state index in [4.69, 9.17) is 5.73 Å². The molecule has 0 fully saturated rings. The van der Waals surface area contributed by atoms with Crippen LogP contribution in [0.4, 0.5) is 0 Å². The lowest BCUT2D eigenvalue weighted by Crippen LogP contribution is -2.38. The summed E-state index contributed by atoms with van der Waals surface area (Å²) in [5.41, 5.74) is 6.33. The predicted octanol–water partition coefficient (Wildman–Crippen LogP) is 1.74. The third kappa shape index (κ3) is 7.98. The Labute approximate surface area is 137 Å². The number of carbonyl (C=O) groups excluding carboxylic acids is 1. The van der Waals surface area contributed by atoms with E-state index in [1.165, 1.54) is 0 Å². The van der Waals surface area contributed by atoms with Crippen molar-refractivity contribution in [3.63, 3.8) is 0 Å². The highest BCUT2D eigenvalue weighted by Gasteiger charge is 2.02. The highest BCUT2D eigenvalue weighted by Crippen LogP contribution is 1.96. The number of amides is 1. The molecule has 1 aromatic rings. The normalized spacial score (nSPS) is 10.6. The molecule has 0 atom stereocenters. The van der Waals surface area contributed by atoms with Crippen LogP contribution in [-0.4, -0.2) is 31.5 Å². The Morgan fingerprint density at radius 3 is 2.50 bits per heavy atom. The van der Waals surface area contributed by atoms with Gasteiger partial charge < -0.3 is 16.4 Å². The third-order valence-corrected chi connectivity index (χ3v) is 2.55. The van der Waals surface area contributed by atoms with Gasteiger partial charge in [0.15, 0.2) is 5.96 Å². The summed E-state index contributed by atoms with van der Waals surface area (Å²) in [5, 5.41) is 5.77. The fourth-order valence-corrected chi connectivity index (χ4v) is 1.47. The second-order valence-electron chi connectivity index (χ2n) is 4.17. The van der Waals surface area contributed by atoms with Gasteiger partial charge in [0.2, 0.25) is 0 Å². The molecule has 0 saturated carbocycles. The molecule has 0 heterocycles. The number of guanidine groups is 1. The van der Waals surface area contributed by atoms with Gasteiger partial charge in [-0.05, 0) is 18.6 Å². The van der Waals surface area contributed by atoms with Gasteiger partial charge in [-0.15, -0.1) is 24.0 Å². The van der Waals surface area contributed by atoms with Crippen LogP contribution in [0.15, 0.2) is 35.3 Å². The van der Waals surface area contributed by atoms with Gasteiger partial charge in [0.1, 0.15) is 0 Å². The number of rotatable bonds is 7. The zero-order chi connectivity index (χ0) is 13.9. The van der Waals surface area contributed by atoms with Crippen molar-refractivity contribution in [1.29, 1.82) is 0 Å². The van der Waals surface area contributed by atoms with Crippen molar-refractivity contribution in [3.05, 3.63) is 35.9 Å². The Hall–Kier alpha value is -1.31. The molecule has 0 unspecified atom stereocenters. The lowest BCUT2D eigenvalue weighted by atomic mass is 10.2. The highest BCUT2D eigenvalue weighted by atomic mass is 127. The minimum absolute atomic E-state index is 0. The maximum absolute atomic E-state index is 11.7. The molecule has 6 heteroatoms. The standard InChI is InChI=1S/C14H22N4O.HI/c1-2-3-9-17-14(15)18-11-10-16-13(19)12-7-5-4-6-8-12;/h4-8H,2-3,9-11H2,1H3,(H,16,19)(H3,15,17,18);1H. The molecule has 0 aliphatic carbocycles. The van der Waals surface area contributed by atoms with E-state index in [2.05, 4.69) is 22.5 Å². The van der Waals surface area contributed by atoms with Crippen LogP contribution in [0.1, 0.15) is 30.1 Å². The molecule has 0 spiro atoms. The lowest BCUT2D eigenvalue weighted by molar-refractivity contribution is 0.0954. The van der Waals surface area contributed by atoms with Gasteiger partial charge in [-0.3, -0.25) is 9.79 Å². The van der Waals surface area contributed by atoms with E-state index in [9.17, 15) is 4.79 Å². The molecule has 0 aliphatic rings. The van der Waals surface area contributed by atoms with E-state index in [1.807, 2.05) is 18.2 Å². The van der Waals surface area contributed by atoms with Crippen molar-refractivity contribution in [3.8, 4) is 0 Å². The van der Waals surface area contributed by atoms with E-state index in [0.29, 0.717) is 24.6 Å². The van der Waals surface area contributed by atoms with Gasteiger partial charge in [-0.1, -0.05) is 31.5 Å². The maximum atomic E-state index is 11.7. The number of carbonyl (C=O) groups is 1. The molecule has 4 N–H and O–H groups in total. The molecule has 1 amide bonds. The number of halogens is 1. The molecule has 1 aromatic carbocycles. The summed E-state index contributed by atoms with van der Waals surface area (Å²) in [6, 6.07) is 9.12. The first-order valence-corrected chi connectivity index (χ1v) is 6.61. The molecule has 0 aromatic heterocycles. The Morgan fingerprint density at radius 2 is 1.85 bits per heavy atom. The van der Waals surface area contributed by atoms with Crippen LogP contribution < -0.4 is 16.4 Å². The summed E-state index contributed by atoms with van der Waals surface area (Å²) in [4.78, 5) is 15.9. The molecular formula is C14H23IN4O. The molecule has 112 valence electrons. The van der Waals surface area contributed by atoms with Crippen molar-refractivity contribution in [2.24, 2.45) is 10.7 Å². The van der Waals surface area contributed by atoms with Gasteiger partial charge in [-0.2, -0.15) is 0 Å². The van der Waals surface area contributed by atoms with Gasteiger partial charge in [-0.25, -0.2) is 0 Å². The second-order valence-corrected chi connectivity index (χ2v) is 4.17. The Kier molecular flexibility index (Phi) is 10.8. The minimum Gasteiger partial charge on any atom is -0.370 e. The Morgan fingerprint density at radius 1 is 1.20 bits per heavy atom. The summed E-state index contributed by atoms with van der Waals surface area (Å²) in [7, 11) is 0. The molecular weight excluding hydrogens is 367 g/mol. The predicted molar refractivity (Wildman–Crippen MR) is 93.6 cm³/mol. The van der Waals surface area contributed by atoms with Crippen LogP contribution in [0.3, 0.4) is 0 Å². The van der Waals surface area contributed by atoms with Crippen molar-refractivity contribution >= 4 is 35.8 Å². The second kappa shape index (κ2) is 11.5. The summed E-state index contributed by atoms with van der Waals surface area (Å²) >= 11 is 0. The number of nitrogens with one attached hydrogen (secondary N) is 2. The fourth-order valence-electron chi connectivity index (χ4n) is 1.47. The number of benzene rings is 1. The number of nitrogens with zero attached hydrogens (tertiary/aromatic N) is 1. The van der Waals surface area contributed by atoms with E-state index >= 15 is 0 Å². The Bertz CT molecular complexity index is 409. The monoisotopic (exact) mass is 390 g/mol. The zero-order valence-electron chi connectivity index (χ0n) is 11.8. The molecule has 1 rings (SSSR count). The summed E-state index contributed by atoms with van der Waals surface area (Å²) in [5.74, 6) is 0.353. The molecule has 0 bridgehead atoms. The SMILES string of the molecule is CCCCN=C(N)NCCNC(=O)c1ccccc1.I. The smallest absolute Gasteiger partial charge is 0.251 e. The first-order valence-electron chi connectivity index (χ1n) is 6.61. The zero-order valence-corrected chi connectivity index (χ0v) is 14.1. The van der Waals surface area contributed by atoms with E-state index < -0.39 is 0 Å². The summed E-state index contributed by atoms with van der Waals surface area (Å²) < 4.78 is 0. The number of hydrogen-bond acceptors (Lipinski definition) is 2. The Balaban J connectivity index is 0.00000361. The van der Waals surface area contributed by atoms with Crippen molar-refractivity contribution in [2.45, 2.75) is 19.8 Å². The quantitative estimate of drug-likeness (QED) is 0.287. The molecule has 0 radical (unpaired) electrons. The van der Waals surface area contributed by atoms with Crippen LogP contribution in [0.25, 0.3) is 0 Å². The molecule has 20 heavy (non-hydrogen) atoms. The largest absolute Gasteiger partial charge is 0.370 e. The van der Waals surface area contributed by atoms with Crippen LogP contribution in [0, 0.1) is 0 Å². The lowest BCUT2D eigenvalue weighted by Gasteiger charge is -2.07. The van der Waals surface area contributed by atoms with Gasteiger partial charge in [0, 0.05) is 25.2 Å². The van der Waals surface area contributed by atoms with Crippen molar-refractivity contribution < 1.29 is 4.79 Å². The fraction of sp³-hybridized carbons (Fsp3) is 0.429. The number of hydrogen-bond donors (Lipinski definition) is 3. The first kappa shape index (κ1) is 18.7. The summed E-state index contributed by atoms with van der Waals surface area (Å²) in [6.07, 6.45) is 2.14. The van der Waals surface area contributed by atoms with Crippen molar-refractivity contribution in [2.75, 3.05) is 19.6 Å². The molecule has 0 saturated heterocycles. The number of aliphatic imine (C=N–C) groups is 1. The highest BCUT2D eigenvalue weighted by molar-refractivity contribution is 14.0. The number of unbranched alkanes of at least 4 members (excludes halogenated alkanes) is 1.